The maximum absolute atomic E-state index is 15.1. The van der Waals surface area contributed by atoms with Crippen molar-refractivity contribution in [3.63, 3.8) is 0 Å². The molecule has 232 valence electrons. The van der Waals surface area contributed by atoms with Crippen molar-refractivity contribution in [1.82, 2.24) is 24.6 Å². The quantitative estimate of drug-likeness (QED) is 0.321. The highest BCUT2D eigenvalue weighted by molar-refractivity contribution is 5.97. The molecule has 1 atom stereocenters. The average molecular weight is 613 g/mol. The van der Waals surface area contributed by atoms with Gasteiger partial charge in [-0.25, -0.2) is 4.39 Å². The first-order valence-electron chi connectivity index (χ1n) is 15.2. The third kappa shape index (κ3) is 5.82. The normalized spacial score (nSPS) is 18.6. The van der Waals surface area contributed by atoms with Gasteiger partial charge in [-0.1, -0.05) is 6.07 Å². The number of amides is 2. The summed E-state index contributed by atoms with van der Waals surface area (Å²) in [6, 6.07) is 11.8. The number of nitrogens with one attached hydrogen (secondary N) is 1. The van der Waals surface area contributed by atoms with Crippen molar-refractivity contribution in [2.45, 2.75) is 37.6 Å². The van der Waals surface area contributed by atoms with Gasteiger partial charge in [-0.05, 0) is 78.9 Å². The second-order valence-corrected chi connectivity index (χ2v) is 11.8. The second kappa shape index (κ2) is 11.9. The molecule has 1 aliphatic carbocycles. The number of primary amides is 1. The number of carbonyl (C=O) groups is 2. The number of rotatable bonds is 7. The van der Waals surface area contributed by atoms with Gasteiger partial charge >= 0.3 is 0 Å². The lowest BCUT2D eigenvalue weighted by molar-refractivity contribution is 0.0303. The Kier molecular flexibility index (Phi) is 7.61. The number of hydrogen-bond acceptors (Lipinski definition) is 9. The summed E-state index contributed by atoms with van der Waals surface area (Å²) >= 11 is 0. The molecule has 2 aliphatic heterocycles. The Morgan fingerprint density at radius 2 is 1.78 bits per heavy atom. The highest BCUT2D eigenvalue weighted by atomic mass is 19.1. The first-order chi connectivity index (χ1) is 21.9. The predicted octanol–water partition coefficient (Wildman–Crippen LogP) is 3.36. The molecular formula is C32H33FN8O4. The molecule has 0 radical (unpaired) electrons. The SMILES string of the molecule is NC(=O)c1nnc(N2CCC[C@@H](n3ccc4cc(C5CC5)cc(F)c4c3=O)C2)nc1Nc1ccc(C(=O)N2CCOCC2)cc1. The number of carbonyl (C=O) groups excluding carboxylic acids is 2. The lowest BCUT2D eigenvalue weighted by atomic mass is 10.0. The fourth-order valence-corrected chi connectivity index (χ4v) is 6.15. The maximum atomic E-state index is 15.1. The minimum absolute atomic E-state index is 0.0791. The van der Waals surface area contributed by atoms with E-state index in [-0.39, 0.29) is 40.4 Å². The molecule has 12 nitrogen and oxygen atoms in total. The van der Waals surface area contributed by atoms with Gasteiger partial charge < -0.3 is 30.2 Å². The monoisotopic (exact) mass is 612 g/mol. The summed E-state index contributed by atoms with van der Waals surface area (Å²) in [7, 11) is 0. The van der Waals surface area contributed by atoms with Crippen LogP contribution in [0.5, 0.6) is 0 Å². The van der Waals surface area contributed by atoms with Crippen molar-refractivity contribution in [3.05, 3.63) is 81.7 Å². The van der Waals surface area contributed by atoms with E-state index in [4.69, 9.17) is 10.5 Å². The molecule has 4 heterocycles. The summed E-state index contributed by atoms with van der Waals surface area (Å²) < 4.78 is 22.1. The van der Waals surface area contributed by atoms with E-state index >= 15 is 4.39 Å². The largest absolute Gasteiger partial charge is 0.378 e. The molecule has 7 rings (SSSR count). The zero-order chi connectivity index (χ0) is 31.1. The number of fused-ring (bicyclic) bond motifs is 1. The Balaban J connectivity index is 1.11. The topological polar surface area (TPSA) is 149 Å². The van der Waals surface area contributed by atoms with E-state index in [0.29, 0.717) is 61.9 Å². The van der Waals surface area contributed by atoms with Crippen LogP contribution in [0.2, 0.25) is 0 Å². The fraction of sp³-hybridized carbons (Fsp3) is 0.375. The molecule has 3 N–H and O–H groups in total. The van der Waals surface area contributed by atoms with Crippen LogP contribution in [0.15, 0.2) is 53.5 Å². The first-order valence-corrected chi connectivity index (χ1v) is 15.2. The summed E-state index contributed by atoms with van der Waals surface area (Å²) in [6.45, 7) is 3.11. The molecule has 1 saturated carbocycles. The van der Waals surface area contributed by atoms with Gasteiger partial charge in [0.15, 0.2) is 11.5 Å². The van der Waals surface area contributed by atoms with Crippen molar-refractivity contribution in [1.29, 1.82) is 0 Å². The number of piperidine rings is 1. The highest BCUT2D eigenvalue weighted by Crippen LogP contribution is 2.41. The van der Waals surface area contributed by atoms with Gasteiger partial charge in [-0.15, -0.1) is 10.2 Å². The van der Waals surface area contributed by atoms with Crippen LogP contribution in [-0.2, 0) is 4.74 Å². The van der Waals surface area contributed by atoms with Crippen molar-refractivity contribution in [3.8, 4) is 0 Å². The zero-order valence-electron chi connectivity index (χ0n) is 24.6. The van der Waals surface area contributed by atoms with Gasteiger partial charge in [0.1, 0.15) is 5.82 Å². The van der Waals surface area contributed by atoms with Crippen LogP contribution >= 0.6 is 0 Å². The number of hydrogen-bond donors (Lipinski definition) is 2. The van der Waals surface area contributed by atoms with E-state index in [1.807, 2.05) is 17.0 Å². The van der Waals surface area contributed by atoms with Crippen LogP contribution < -0.4 is 21.5 Å². The van der Waals surface area contributed by atoms with Crippen molar-refractivity contribution >= 4 is 40.0 Å². The lowest BCUT2D eigenvalue weighted by Gasteiger charge is -2.33. The Hall–Kier alpha value is -4.91. The number of benzene rings is 2. The van der Waals surface area contributed by atoms with Crippen LogP contribution in [-0.4, -0.2) is 75.9 Å². The first kappa shape index (κ1) is 28.8. The number of halogens is 1. The summed E-state index contributed by atoms with van der Waals surface area (Å²) in [4.78, 5) is 46.7. The predicted molar refractivity (Wildman–Crippen MR) is 165 cm³/mol. The average Bonchev–Trinajstić information content (AvgIpc) is 3.91. The molecule has 2 aromatic carbocycles. The standard InChI is InChI=1S/C32H33FN8O4/c33-25-17-22(19-3-4-19)16-21-9-11-41(31(44)26(21)25)24-2-1-10-40(18-24)32-36-29(27(28(34)42)37-38-32)35-23-7-5-20(6-8-23)30(43)39-12-14-45-15-13-39/h5-9,11,16-17,19,24H,1-4,10,12-15,18H2,(H2,34,42)(H,35,36,38)/t24-/m1/s1. The zero-order valence-corrected chi connectivity index (χ0v) is 24.6. The number of aromatic nitrogens is 4. The van der Waals surface area contributed by atoms with Crippen LogP contribution in [0.1, 0.15) is 64.1 Å². The molecule has 4 aromatic rings. The van der Waals surface area contributed by atoms with E-state index in [1.54, 1.807) is 39.9 Å². The van der Waals surface area contributed by atoms with Crippen LogP contribution in [0.25, 0.3) is 10.8 Å². The number of nitrogens with two attached hydrogens (primary N) is 1. The van der Waals surface area contributed by atoms with Crippen molar-refractivity contribution < 1.29 is 18.7 Å². The van der Waals surface area contributed by atoms with Gasteiger partial charge in [-0.3, -0.25) is 14.4 Å². The molecular weight excluding hydrogens is 579 g/mol. The summed E-state index contributed by atoms with van der Waals surface area (Å²) in [5, 5.41) is 12.1. The smallest absolute Gasteiger partial charge is 0.273 e. The third-order valence-electron chi connectivity index (χ3n) is 8.73. The molecule has 45 heavy (non-hydrogen) atoms. The van der Waals surface area contributed by atoms with E-state index in [0.717, 1.165) is 31.2 Å². The van der Waals surface area contributed by atoms with E-state index in [9.17, 15) is 14.4 Å². The van der Waals surface area contributed by atoms with Gasteiger partial charge in [0.25, 0.3) is 17.4 Å². The van der Waals surface area contributed by atoms with Crippen molar-refractivity contribution in [2.24, 2.45) is 5.73 Å². The highest BCUT2D eigenvalue weighted by Gasteiger charge is 2.28. The molecule has 2 amide bonds. The Labute approximate surface area is 258 Å². The number of ether oxygens (including phenoxy) is 1. The van der Waals surface area contributed by atoms with Crippen LogP contribution in [0.4, 0.5) is 21.8 Å². The Morgan fingerprint density at radius 1 is 1.00 bits per heavy atom. The Bertz CT molecular complexity index is 1840. The number of pyridine rings is 1. The number of nitrogens with zero attached hydrogens (tertiary/aromatic N) is 6. The molecule has 13 heteroatoms. The number of morpholine rings is 1. The van der Waals surface area contributed by atoms with E-state index in [1.165, 1.54) is 6.07 Å². The number of anilines is 3. The summed E-state index contributed by atoms with van der Waals surface area (Å²) in [5.74, 6) is -0.584. The molecule has 0 spiro atoms. The van der Waals surface area contributed by atoms with E-state index in [2.05, 4.69) is 20.5 Å². The molecule has 3 fully saturated rings. The minimum atomic E-state index is -0.797. The van der Waals surface area contributed by atoms with Gasteiger partial charge in [0.05, 0.1) is 24.6 Å². The minimum Gasteiger partial charge on any atom is -0.378 e. The van der Waals surface area contributed by atoms with E-state index < -0.39 is 11.7 Å². The maximum Gasteiger partial charge on any atom is 0.273 e. The molecule has 0 bridgehead atoms. The summed E-state index contributed by atoms with van der Waals surface area (Å²) in [6.07, 6.45) is 5.30. The molecule has 2 aromatic heterocycles. The second-order valence-electron chi connectivity index (χ2n) is 11.8. The lowest BCUT2D eigenvalue weighted by Crippen LogP contribution is -2.41. The fourth-order valence-electron chi connectivity index (χ4n) is 6.15. The summed E-state index contributed by atoms with van der Waals surface area (Å²) in [5.41, 5.74) is 7.15. The molecule has 0 unspecified atom stereocenters. The Morgan fingerprint density at radius 3 is 2.51 bits per heavy atom. The van der Waals surface area contributed by atoms with Crippen LogP contribution in [0.3, 0.4) is 0 Å². The van der Waals surface area contributed by atoms with Gasteiger partial charge in [0.2, 0.25) is 5.95 Å². The van der Waals surface area contributed by atoms with Crippen LogP contribution in [0, 0.1) is 5.82 Å². The molecule has 2 saturated heterocycles. The molecule has 3 aliphatic rings. The third-order valence-corrected chi connectivity index (χ3v) is 8.73. The van der Waals surface area contributed by atoms with Crippen molar-refractivity contribution in [2.75, 3.05) is 49.6 Å². The van der Waals surface area contributed by atoms with Gasteiger partial charge in [-0.2, -0.15) is 4.98 Å². The van der Waals surface area contributed by atoms with Gasteiger partial charge in [0, 0.05) is 43.6 Å².